The third kappa shape index (κ3) is 2.53. The summed E-state index contributed by atoms with van der Waals surface area (Å²) in [4.78, 5) is 22.2. The number of hydrogen-bond donors (Lipinski definition) is 1. The summed E-state index contributed by atoms with van der Waals surface area (Å²) in [5.41, 5.74) is 0.654. The van der Waals surface area contributed by atoms with E-state index in [0.717, 1.165) is 12.0 Å². The summed E-state index contributed by atoms with van der Waals surface area (Å²) < 4.78 is 0. The molecule has 0 radical (unpaired) electrons. The van der Waals surface area contributed by atoms with E-state index in [-0.39, 0.29) is 5.69 Å². The Morgan fingerprint density at radius 2 is 2.25 bits per heavy atom. The van der Waals surface area contributed by atoms with Crippen molar-refractivity contribution in [2.45, 2.75) is 39.5 Å². The molecule has 0 aromatic heterocycles. The zero-order chi connectivity index (χ0) is 14.9. The van der Waals surface area contributed by atoms with Gasteiger partial charge in [0.25, 0.3) is 5.69 Å². The van der Waals surface area contributed by atoms with Crippen LogP contribution in [0.25, 0.3) is 0 Å². The second-order valence-electron chi connectivity index (χ2n) is 5.93. The van der Waals surface area contributed by atoms with Gasteiger partial charge in [-0.25, -0.2) is 0 Å². The molecule has 2 rings (SSSR count). The third-order valence-electron chi connectivity index (χ3n) is 4.45. The van der Waals surface area contributed by atoms with Gasteiger partial charge in [0.05, 0.1) is 10.3 Å². The molecule has 1 aliphatic rings. The van der Waals surface area contributed by atoms with Crippen LogP contribution in [0.2, 0.25) is 0 Å². The number of aliphatic carboxylic acids is 1. The molecule has 1 N–H and O–H groups in total. The molecule has 0 saturated heterocycles. The smallest absolute Gasteiger partial charge is 0.309 e. The van der Waals surface area contributed by atoms with Crippen LogP contribution < -0.4 is 0 Å². The Kier molecular flexibility index (Phi) is 3.79. The first-order valence-electron chi connectivity index (χ1n) is 6.82. The Bertz CT molecular complexity index is 555. The Morgan fingerprint density at radius 1 is 1.55 bits per heavy atom. The highest BCUT2D eigenvalue weighted by molar-refractivity contribution is 5.75. The first-order valence-corrected chi connectivity index (χ1v) is 6.82. The van der Waals surface area contributed by atoms with Crippen LogP contribution in [-0.2, 0) is 11.2 Å². The van der Waals surface area contributed by atoms with Crippen molar-refractivity contribution in [1.82, 2.24) is 0 Å². The minimum absolute atomic E-state index is 0.0640. The first kappa shape index (κ1) is 14.5. The van der Waals surface area contributed by atoms with Crippen molar-refractivity contribution in [3.63, 3.8) is 0 Å². The van der Waals surface area contributed by atoms with Crippen molar-refractivity contribution in [1.29, 1.82) is 0 Å². The minimum Gasteiger partial charge on any atom is -0.481 e. The summed E-state index contributed by atoms with van der Waals surface area (Å²) in [5, 5.41) is 20.5. The Morgan fingerprint density at radius 3 is 2.75 bits per heavy atom. The number of benzene rings is 1. The maximum absolute atomic E-state index is 11.7. The van der Waals surface area contributed by atoms with Crippen molar-refractivity contribution in [2.24, 2.45) is 11.3 Å². The maximum atomic E-state index is 11.7. The summed E-state index contributed by atoms with van der Waals surface area (Å²) in [7, 11) is 0. The molecule has 0 heterocycles. The van der Waals surface area contributed by atoms with Crippen LogP contribution in [0.1, 0.15) is 37.3 Å². The number of nitrogens with zero attached hydrogens (tertiary/aromatic N) is 1. The number of carboxylic acids is 1. The van der Waals surface area contributed by atoms with E-state index in [0.29, 0.717) is 30.7 Å². The van der Waals surface area contributed by atoms with Crippen molar-refractivity contribution in [3.05, 3.63) is 39.4 Å². The van der Waals surface area contributed by atoms with E-state index in [1.165, 1.54) is 6.07 Å². The molecule has 2 atom stereocenters. The molecule has 1 aliphatic carbocycles. The van der Waals surface area contributed by atoms with Crippen molar-refractivity contribution in [3.8, 4) is 0 Å². The summed E-state index contributed by atoms with van der Waals surface area (Å²) in [6, 6.07) is 4.90. The lowest BCUT2D eigenvalue weighted by atomic mass is 9.78. The first-order chi connectivity index (χ1) is 9.35. The van der Waals surface area contributed by atoms with Gasteiger partial charge in [0.15, 0.2) is 0 Å². The summed E-state index contributed by atoms with van der Waals surface area (Å²) >= 11 is 0. The van der Waals surface area contributed by atoms with Crippen LogP contribution in [0.15, 0.2) is 18.2 Å². The molecule has 0 aliphatic heterocycles. The fourth-order valence-electron chi connectivity index (χ4n) is 3.25. The summed E-state index contributed by atoms with van der Waals surface area (Å²) in [6.07, 6.45) is 2.57. The molecule has 20 heavy (non-hydrogen) atoms. The zero-order valence-electron chi connectivity index (χ0n) is 11.8. The molecule has 1 saturated carbocycles. The molecule has 5 nitrogen and oxygen atoms in total. The number of rotatable bonds is 4. The standard InChI is InChI=1S/C15H19NO4/c1-10-6-7-15(8-10,14(17)18)9-12-4-3-5-13(11(12)2)16(19)20/h3-5,10H,6-9H2,1-2H3,(H,17,18). The molecule has 5 heteroatoms. The van der Waals surface area contributed by atoms with Crippen LogP contribution in [0, 0.1) is 28.4 Å². The van der Waals surface area contributed by atoms with Gasteiger partial charge < -0.3 is 5.11 Å². The summed E-state index contributed by atoms with van der Waals surface area (Å²) in [6.45, 7) is 3.76. The Balaban J connectivity index is 2.35. The molecule has 1 aromatic carbocycles. The molecule has 0 amide bonds. The largest absolute Gasteiger partial charge is 0.481 e. The van der Waals surface area contributed by atoms with E-state index in [9.17, 15) is 20.0 Å². The second kappa shape index (κ2) is 5.23. The topological polar surface area (TPSA) is 80.4 Å². The second-order valence-corrected chi connectivity index (χ2v) is 5.93. The third-order valence-corrected chi connectivity index (χ3v) is 4.45. The molecule has 108 valence electrons. The van der Waals surface area contributed by atoms with E-state index >= 15 is 0 Å². The lowest BCUT2D eigenvalue weighted by Gasteiger charge is -2.25. The van der Waals surface area contributed by atoms with E-state index < -0.39 is 16.3 Å². The van der Waals surface area contributed by atoms with E-state index in [1.807, 2.05) is 0 Å². The predicted octanol–water partition coefficient (Wildman–Crippen LogP) is 3.34. The van der Waals surface area contributed by atoms with Gasteiger partial charge in [0.1, 0.15) is 0 Å². The lowest BCUT2D eigenvalue weighted by Crippen LogP contribution is -2.31. The number of nitro groups is 1. The maximum Gasteiger partial charge on any atom is 0.309 e. The quantitative estimate of drug-likeness (QED) is 0.676. The predicted molar refractivity (Wildman–Crippen MR) is 74.6 cm³/mol. The highest BCUT2D eigenvalue weighted by Gasteiger charge is 2.44. The monoisotopic (exact) mass is 277 g/mol. The molecular formula is C15H19NO4. The molecule has 1 fully saturated rings. The van der Waals surface area contributed by atoms with Gasteiger partial charge >= 0.3 is 5.97 Å². The van der Waals surface area contributed by atoms with Crippen LogP contribution in [0.4, 0.5) is 5.69 Å². The molecule has 1 aromatic rings. The van der Waals surface area contributed by atoms with Gasteiger partial charge in [-0.2, -0.15) is 0 Å². The van der Waals surface area contributed by atoms with Gasteiger partial charge in [0.2, 0.25) is 0 Å². The fraction of sp³-hybridized carbons (Fsp3) is 0.533. The number of hydrogen-bond acceptors (Lipinski definition) is 3. The average molecular weight is 277 g/mol. The zero-order valence-corrected chi connectivity index (χ0v) is 11.8. The van der Waals surface area contributed by atoms with Crippen molar-refractivity contribution in [2.75, 3.05) is 0 Å². The molecule has 0 spiro atoms. The Labute approximate surface area is 117 Å². The number of carbonyl (C=O) groups is 1. The van der Waals surface area contributed by atoms with Crippen LogP contribution in [-0.4, -0.2) is 16.0 Å². The molecule has 0 bridgehead atoms. The van der Waals surface area contributed by atoms with E-state index in [4.69, 9.17) is 0 Å². The SMILES string of the molecule is Cc1c(CC2(C(=O)O)CCC(C)C2)cccc1[N+](=O)[O-]. The number of nitro benzene ring substituents is 1. The van der Waals surface area contributed by atoms with Gasteiger partial charge in [-0.1, -0.05) is 19.1 Å². The highest BCUT2D eigenvalue weighted by atomic mass is 16.6. The molecular weight excluding hydrogens is 258 g/mol. The molecule has 2 unspecified atom stereocenters. The van der Waals surface area contributed by atoms with Gasteiger partial charge in [-0.3, -0.25) is 14.9 Å². The normalized spacial score (nSPS) is 25.6. The fourth-order valence-corrected chi connectivity index (χ4v) is 3.25. The minimum atomic E-state index is -0.784. The lowest BCUT2D eigenvalue weighted by molar-refractivity contribution is -0.385. The van der Waals surface area contributed by atoms with Crippen molar-refractivity contribution < 1.29 is 14.8 Å². The van der Waals surface area contributed by atoms with Gasteiger partial charge in [0, 0.05) is 11.6 Å². The van der Waals surface area contributed by atoms with Crippen LogP contribution >= 0.6 is 0 Å². The summed E-state index contributed by atoms with van der Waals surface area (Å²) in [5.74, 6) is -0.391. The van der Waals surface area contributed by atoms with Gasteiger partial charge in [-0.05, 0) is 44.1 Å². The highest BCUT2D eigenvalue weighted by Crippen LogP contribution is 2.45. The Hall–Kier alpha value is -1.91. The van der Waals surface area contributed by atoms with Crippen molar-refractivity contribution >= 4 is 11.7 Å². The van der Waals surface area contributed by atoms with E-state index in [2.05, 4.69) is 6.92 Å². The number of carboxylic acid groups (broad SMARTS) is 1. The van der Waals surface area contributed by atoms with E-state index in [1.54, 1.807) is 19.1 Å². The van der Waals surface area contributed by atoms with Crippen LogP contribution in [0.3, 0.4) is 0 Å². The van der Waals surface area contributed by atoms with Gasteiger partial charge in [-0.15, -0.1) is 0 Å². The van der Waals surface area contributed by atoms with Crippen LogP contribution in [0.5, 0.6) is 0 Å². The average Bonchev–Trinajstić information content (AvgIpc) is 2.74.